The Morgan fingerprint density at radius 3 is 2.55 bits per heavy atom. The number of rotatable bonds is 5. The summed E-state index contributed by atoms with van der Waals surface area (Å²) in [6.45, 7) is 1.54. The van der Waals surface area contributed by atoms with Gasteiger partial charge in [0.05, 0.1) is 12.6 Å². The predicted molar refractivity (Wildman–Crippen MR) is 142 cm³/mol. The molecule has 3 aliphatic rings. The highest BCUT2D eigenvalue weighted by molar-refractivity contribution is 7.89. The third-order valence-corrected chi connectivity index (χ3v) is 10.4. The maximum absolute atomic E-state index is 14.2. The van der Waals surface area contributed by atoms with Crippen molar-refractivity contribution >= 4 is 38.6 Å². The summed E-state index contributed by atoms with van der Waals surface area (Å²) in [6.07, 6.45) is 4.50. The topological polar surface area (TPSA) is 144 Å². The van der Waals surface area contributed by atoms with Crippen molar-refractivity contribution in [3.63, 3.8) is 0 Å². The molecule has 210 valence electrons. The van der Waals surface area contributed by atoms with Gasteiger partial charge < -0.3 is 19.8 Å². The molecule has 3 aromatic rings. The maximum Gasteiger partial charge on any atom is 0.323 e. The molecule has 40 heavy (non-hydrogen) atoms. The molecule has 2 atom stereocenters. The Balaban J connectivity index is 1.29. The van der Waals surface area contributed by atoms with E-state index in [9.17, 15) is 28.0 Å². The molecule has 12 heteroatoms. The van der Waals surface area contributed by atoms with E-state index in [2.05, 4.69) is 5.32 Å². The molecule has 0 bridgehead atoms. The third kappa shape index (κ3) is 4.08. The average Bonchev–Trinajstić information content (AvgIpc) is 3.63. The quantitative estimate of drug-likeness (QED) is 0.368. The number of para-hydroxylation sites is 1. The van der Waals surface area contributed by atoms with E-state index in [0.717, 1.165) is 35.2 Å². The summed E-state index contributed by atoms with van der Waals surface area (Å²) < 4.78 is 33.9. The number of carbonyl (C=O) groups excluding carboxylic acids is 3. The molecule has 6 rings (SSSR count). The van der Waals surface area contributed by atoms with Crippen molar-refractivity contribution in [1.29, 1.82) is 0 Å². The zero-order valence-corrected chi connectivity index (χ0v) is 22.9. The monoisotopic (exact) mass is 566 g/mol. The summed E-state index contributed by atoms with van der Waals surface area (Å²) in [5, 5.41) is 15.6. The lowest BCUT2D eigenvalue weighted by Gasteiger charge is -2.40. The molecular formula is C28H30N4O7S. The number of nitrogens with zero attached hydrogens (tertiary/aromatic N) is 3. The number of furan rings is 1. The Morgan fingerprint density at radius 1 is 1.10 bits per heavy atom. The van der Waals surface area contributed by atoms with Crippen LogP contribution in [0.15, 0.2) is 58.1 Å². The summed E-state index contributed by atoms with van der Waals surface area (Å²) >= 11 is 0. The Hall–Kier alpha value is -3.77. The van der Waals surface area contributed by atoms with Crippen LogP contribution in [-0.2, 0) is 19.6 Å². The SMILES string of the molecule is Cc1c(C(=O)NC2(C(=O)N3CCC4C3C(=O)CN4S(=O)(=O)c3cccc[n+]3[O-])CCCCC2)oc2ccccc12. The van der Waals surface area contributed by atoms with Crippen LogP contribution >= 0.6 is 0 Å². The number of ketones is 1. The Morgan fingerprint density at radius 2 is 1.82 bits per heavy atom. The van der Waals surface area contributed by atoms with Crippen LogP contribution in [0.25, 0.3) is 11.0 Å². The summed E-state index contributed by atoms with van der Waals surface area (Å²) in [5.41, 5.74) is 0.0166. The molecule has 2 saturated heterocycles. The minimum Gasteiger partial charge on any atom is -0.618 e. The van der Waals surface area contributed by atoms with Gasteiger partial charge >= 0.3 is 15.0 Å². The van der Waals surface area contributed by atoms with Gasteiger partial charge in [0.25, 0.3) is 5.91 Å². The molecule has 1 aliphatic carbocycles. The van der Waals surface area contributed by atoms with Crippen LogP contribution in [0.4, 0.5) is 0 Å². The Kier molecular flexibility index (Phi) is 6.42. The van der Waals surface area contributed by atoms with Crippen molar-refractivity contribution in [2.45, 2.75) is 68.1 Å². The smallest absolute Gasteiger partial charge is 0.323 e. The molecular weight excluding hydrogens is 536 g/mol. The number of likely N-dealkylation sites (tertiary alicyclic amines) is 1. The molecule has 0 radical (unpaired) electrons. The lowest BCUT2D eigenvalue weighted by Crippen LogP contribution is -2.62. The molecule has 1 saturated carbocycles. The van der Waals surface area contributed by atoms with Crippen LogP contribution in [0, 0.1) is 12.1 Å². The minimum atomic E-state index is -4.28. The van der Waals surface area contributed by atoms with Crippen LogP contribution in [0.2, 0.25) is 0 Å². The van der Waals surface area contributed by atoms with E-state index >= 15 is 0 Å². The second-order valence-corrected chi connectivity index (χ2v) is 12.7. The second-order valence-electron chi connectivity index (χ2n) is 10.8. The summed E-state index contributed by atoms with van der Waals surface area (Å²) in [5.74, 6) is -1.14. The molecule has 3 fully saturated rings. The van der Waals surface area contributed by atoms with Crippen molar-refractivity contribution in [2.24, 2.45) is 0 Å². The largest absolute Gasteiger partial charge is 0.618 e. The highest BCUT2D eigenvalue weighted by atomic mass is 32.2. The van der Waals surface area contributed by atoms with E-state index in [1.54, 1.807) is 13.0 Å². The van der Waals surface area contributed by atoms with Gasteiger partial charge in [-0.1, -0.05) is 37.5 Å². The minimum absolute atomic E-state index is 0.140. The molecule has 2 aliphatic heterocycles. The number of Topliss-reactive ketones (excluding diaryl/α,β-unsaturated/α-hetero) is 1. The molecule has 0 spiro atoms. The number of fused-ring (bicyclic) bond motifs is 2. The first-order valence-electron chi connectivity index (χ1n) is 13.5. The van der Waals surface area contributed by atoms with Crippen LogP contribution in [0.5, 0.6) is 0 Å². The van der Waals surface area contributed by atoms with E-state index in [0.29, 0.717) is 24.0 Å². The molecule has 1 aromatic carbocycles. The van der Waals surface area contributed by atoms with Gasteiger partial charge in [0.2, 0.25) is 5.91 Å². The van der Waals surface area contributed by atoms with Crippen LogP contribution in [-0.4, -0.2) is 65.9 Å². The lowest BCUT2D eigenvalue weighted by atomic mass is 9.80. The number of hydrogen-bond donors (Lipinski definition) is 1. The average molecular weight is 567 g/mol. The second kappa shape index (κ2) is 9.70. The first-order valence-corrected chi connectivity index (χ1v) is 14.9. The fourth-order valence-electron chi connectivity index (χ4n) is 6.54. The first kappa shape index (κ1) is 26.5. The van der Waals surface area contributed by atoms with E-state index in [4.69, 9.17) is 4.42 Å². The zero-order valence-electron chi connectivity index (χ0n) is 22.0. The third-order valence-electron chi connectivity index (χ3n) is 8.52. The number of benzene rings is 1. The van der Waals surface area contributed by atoms with Crippen LogP contribution < -0.4 is 10.0 Å². The molecule has 2 amide bonds. The molecule has 2 unspecified atom stereocenters. The van der Waals surface area contributed by atoms with Gasteiger partial charge in [-0.25, -0.2) is 8.42 Å². The standard InChI is InChI=1S/C28H30N4O7S/c1-18-19-9-3-4-10-22(19)39-25(18)26(34)29-28(13-6-2-7-14-28)27(35)30-16-12-20-24(30)21(33)17-32(20)40(37,38)23-11-5-8-15-31(23)36/h3-5,8-11,15,20,24H,2,6-7,12-14,16-17H2,1H3,(H,29,34). The number of carbonyl (C=O) groups is 3. The predicted octanol–water partition coefficient (Wildman–Crippen LogP) is 2.05. The van der Waals surface area contributed by atoms with Gasteiger partial charge in [-0.2, -0.15) is 9.04 Å². The number of nitrogens with one attached hydrogen (secondary N) is 1. The van der Waals surface area contributed by atoms with Crippen LogP contribution in [0.3, 0.4) is 0 Å². The van der Waals surface area contributed by atoms with Gasteiger partial charge in [-0.05, 0) is 38.3 Å². The highest BCUT2D eigenvalue weighted by Gasteiger charge is 2.57. The number of sulfonamides is 1. The van der Waals surface area contributed by atoms with Gasteiger partial charge in [-0.15, -0.1) is 0 Å². The number of pyridine rings is 1. The molecule has 2 aromatic heterocycles. The van der Waals surface area contributed by atoms with Gasteiger partial charge in [0.15, 0.2) is 17.7 Å². The van der Waals surface area contributed by atoms with Crippen molar-refractivity contribution < 1.29 is 31.9 Å². The van der Waals surface area contributed by atoms with Crippen molar-refractivity contribution in [1.82, 2.24) is 14.5 Å². The summed E-state index contributed by atoms with van der Waals surface area (Å²) in [7, 11) is -4.28. The van der Waals surface area contributed by atoms with Gasteiger partial charge in [-0.3, -0.25) is 14.4 Å². The lowest BCUT2D eigenvalue weighted by molar-refractivity contribution is -0.646. The molecule has 4 heterocycles. The van der Waals surface area contributed by atoms with Crippen molar-refractivity contribution in [3.05, 3.63) is 65.2 Å². The molecule has 1 N–H and O–H groups in total. The normalized spacial score (nSPS) is 22.9. The summed E-state index contributed by atoms with van der Waals surface area (Å²) in [6, 6.07) is 9.63. The fraction of sp³-hybridized carbons (Fsp3) is 0.429. The van der Waals surface area contributed by atoms with E-state index < -0.39 is 50.9 Å². The number of amides is 2. The first-order chi connectivity index (χ1) is 19.1. The number of aromatic nitrogens is 1. The van der Waals surface area contributed by atoms with Crippen molar-refractivity contribution in [3.8, 4) is 0 Å². The molecule has 11 nitrogen and oxygen atoms in total. The highest BCUT2D eigenvalue weighted by Crippen LogP contribution is 2.38. The van der Waals surface area contributed by atoms with E-state index in [-0.39, 0.29) is 29.4 Å². The van der Waals surface area contributed by atoms with Crippen LogP contribution in [0.1, 0.15) is 54.6 Å². The zero-order chi connectivity index (χ0) is 28.2. The number of aryl methyl sites for hydroxylation is 1. The van der Waals surface area contributed by atoms with E-state index in [1.807, 2.05) is 18.2 Å². The van der Waals surface area contributed by atoms with Gasteiger partial charge in [0.1, 0.15) is 17.2 Å². The Labute approximate surface area is 231 Å². The Bertz CT molecular complexity index is 1630. The van der Waals surface area contributed by atoms with E-state index in [1.165, 1.54) is 23.1 Å². The maximum atomic E-state index is 14.2. The van der Waals surface area contributed by atoms with Crippen molar-refractivity contribution in [2.75, 3.05) is 13.1 Å². The summed E-state index contributed by atoms with van der Waals surface area (Å²) in [4.78, 5) is 42.4. The fourth-order valence-corrected chi connectivity index (χ4v) is 8.19. The number of hydrogen-bond acceptors (Lipinski definition) is 7. The van der Waals surface area contributed by atoms with Gasteiger partial charge in [0, 0.05) is 29.6 Å².